The summed E-state index contributed by atoms with van der Waals surface area (Å²) >= 11 is 0. The topological polar surface area (TPSA) is 72.5 Å². The maximum atomic E-state index is 13.0. The van der Waals surface area contributed by atoms with E-state index in [2.05, 4.69) is 4.72 Å². The smallest absolute Gasteiger partial charge is 0.337 e. The van der Waals surface area contributed by atoms with E-state index in [0.29, 0.717) is 16.8 Å². The quantitative estimate of drug-likeness (QED) is 0.814. The van der Waals surface area contributed by atoms with Crippen LogP contribution < -0.4 is 4.72 Å². The van der Waals surface area contributed by atoms with E-state index in [1.54, 1.807) is 32.0 Å². The lowest BCUT2D eigenvalue weighted by Crippen LogP contribution is -2.18. The monoisotopic (exact) mass is 375 g/mol. The predicted molar refractivity (Wildman–Crippen MR) is 103 cm³/mol. The van der Waals surface area contributed by atoms with Gasteiger partial charge < -0.3 is 4.74 Å². The summed E-state index contributed by atoms with van der Waals surface area (Å²) in [6.45, 7) is 9.64. The van der Waals surface area contributed by atoms with Gasteiger partial charge in [-0.05, 0) is 54.2 Å². The Balaban J connectivity index is 2.49. The summed E-state index contributed by atoms with van der Waals surface area (Å²) in [6, 6.07) is 10.2. The minimum Gasteiger partial charge on any atom is -0.465 e. The highest BCUT2D eigenvalue weighted by atomic mass is 32.2. The van der Waals surface area contributed by atoms with Crippen LogP contribution in [-0.4, -0.2) is 21.5 Å². The Kier molecular flexibility index (Phi) is 5.47. The standard InChI is InChI=1S/C20H25NO4S/c1-13-7-9-15(19(22)25-6)11-17(13)21-26(23,24)18-12-16(20(3,4)5)10-8-14(18)2/h7-12,21H,1-6H3. The molecule has 0 spiro atoms. The Bertz CT molecular complexity index is 941. The third-order valence-electron chi connectivity index (χ3n) is 4.25. The summed E-state index contributed by atoms with van der Waals surface area (Å²) in [5.74, 6) is -0.517. The van der Waals surface area contributed by atoms with Crippen molar-refractivity contribution in [2.45, 2.75) is 44.9 Å². The Morgan fingerprint density at radius 3 is 2.19 bits per heavy atom. The van der Waals surface area contributed by atoms with Gasteiger partial charge in [-0.15, -0.1) is 0 Å². The van der Waals surface area contributed by atoms with Crippen molar-refractivity contribution in [2.75, 3.05) is 11.8 Å². The van der Waals surface area contributed by atoms with Crippen LogP contribution in [0.25, 0.3) is 0 Å². The molecule has 0 aliphatic rings. The van der Waals surface area contributed by atoms with Gasteiger partial charge in [0.2, 0.25) is 0 Å². The number of anilines is 1. The third-order valence-corrected chi connectivity index (χ3v) is 5.75. The zero-order valence-corrected chi connectivity index (χ0v) is 16.8. The molecule has 0 unspecified atom stereocenters. The molecule has 0 aromatic heterocycles. The van der Waals surface area contributed by atoms with Gasteiger partial charge in [0.05, 0.1) is 23.3 Å². The molecule has 0 saturated heterocycles. The first kappa shape index (κ1) is 20.0. The fourth-order valence-electron chi connectivity index (χ4n) is 2.53. The molecule has 1 N–H and O–H groups in total. The summed E-state index contributed by atoms with van der Waals surface area (Å²) in [4.78, 5) is 12.0. The number of esters is 1. The van der Waals surface area contributed by atoms with Gasteiger partial charge in [0.1, 0.15) is 0 Å². The molecule has 140 valence electrons. The number of carbonyl (C=O) groups is 1. The van der Waals surface area contributed by atoms with Gasteiger partial charge in [-0.1, -0.05) is 39.0 Å². The van der Waals surface area contributed by atoms with Crippen LogP contribution in [0.1, 0.15) is 47.8 Å². The van der Waals surface area contributed by atoms with E-state index in [0.717, 1.165) is 5.56 Å². The maximum Gasteiger partial charge on any atom is 0.337 e. The van der Waals surface area contributed by atoms with Crippen LogP contribution in [0.5, 0.6) is 0 Å². The molecule has 5 nitrogen and oxygen atoms in total. The van der Waals surface area contributed by atoms with E-state index >= 15 is 0 Å². The highest BCUT2D eigenvalue weighted by molar-refractivity contribution is 7.92. The predicted octanol–water partition coefficient (Wildman–Crippen LogP) is 4.19. The van der Waals surface area contributed by atoms with Gasteiger partial charge in [0.25, 0.3) is 10.0 Å². The number of hydrogen-bond acceptors (Lipinski definition) is 4. The van der Waals surface area contributed by atoms with Crippen molar-refractivity contribution in [3.63, 3.8) is 0 Å². The Morgan fingerprint density at radius 2 is 1.62 bits per heavy atom. The number of hydrogen-bond donors (Lipinski definition) is 1. The van der Waals surface area contributed by atoms with E-state index in [-0.39, 0.29) is 15.9 Å². The third kappa shape index (κ3) is 4.25. The van der Waals surface area contributed by atoms with Gasteiger partial charge in [-0.3, -0.25) is 4.72 Å². The summed E-state index contributed by atoms with van der Waals surface area (Å²) < 4.78 is 33.3. The van der Waals surface area contributed by atoms with Gasteiger partial charge in [-0.25, -0.2) is 13.2 Å². The van der Waals surface area contributed by atoms with Crippen LogP contribution >= 0.6 is 0 Å². The molecule has 26 heavy (non-hydrogen) atoms. The molecule has 0 amide bonds. The first-order valence-corrected chi connectivity index (χ1v) is 9.77. The van der Waals surface area contributed by atoms with Crippen LogP contribution in [0.2, 0.25) is 0 Å². The van der Waals surface area contributed by atoms with Crippen molar-refractivity contribution in [3.8, 4) is 0 Å². The first-order valence-electron chi connectivity index (χ1n) is 8.28. The van der Waals surface area contributed by atoms with Crippen molar-refractivity contribution in [3.05, 3.63) is 58.7 Å². The molecule has 0 fully saturated rings. The highest BCUT2D eigenvalue weighted by Gasteiger charge is 2.22. The van der Waals surface area contributed by atoms with Crippen LogP contribution in [0.15, 0.2) is 41.3 Å². The largest absolute Gasteiger partial charge is 0.465 e. The van der Waals surface area contributed by atoms with Gasteiger partial charge in [-0.2, -0.15) is 0 Å². The number of nitrogens with one attached hydrogen (secondary N) is 1. The second kappa shape index (κ2) is 7.11. The zero-order chi connectivity index (χ0) is 19.7. The van der Waals surface area contributed by atoms with Crippen molar-refractivity contribution in [1.82, 2.24) is 0 Å². The lowest BCUT2D eigenvalue weighted by molar-refractivity contribution is 0.0600. The fraction of sp³-hybridized carbons (Fsp3) is 0.350. The van der Waals surface area contributed by atoms with E-state index < -0.39 is 16.0 Å². The average Bonchev–Trinajstić information content (AvgIpc) is 2.55. The van der Waals surface area contributed by atoms with Crippen molar-refractivity contribution in [1.29, 1.82) is 0 Å². The molecule has 0 aliphatic heterocycles. The van der Waals surface area contributed by atoms with Crippen LogP contribution in [0.3, 0.4) is 0 Å². The van der Waals surface area contributed by atoms with Crippen LogP contribution in [0, 0.1) is 13.8 Å². The van der Waals surface area contributed by atoms with Crippen molar-refractivity contribution < 1.29 is 17.9 Å². The van der Waals surface area contributed by atoms with Gasteiger partial charge in [0, 0.05) is 0 Å². The Hall–Kier alpha value is -2.34. The molecule has 0 radical (unpaired) electrons. The molecule has 2 aromatic carbocycles. The molecule has 2 aromatic rings. The number of carbonyl (C=O) groups excluding carboxylic acids is 1. The lowest BCUT2D eigenvalue weighted by atomic mass is 9.87. The Labute approximate surface area is 155 Å². The highest BCUT2D eigenvalue weighted by Crippen LogP contribution is 2.28. The number of rotatable bonds is 4. The van der Waals surface area contributed by atoms with E-state index in [9.17, 15) is 13.2 Å². The van der Waals surface area contributed by atoms with Crippen molar-refractivity contribution in [2.24, 2.45) is 0 Å². The maximum absolute atomic E-state index is 13.0. The number of methoxy groups -OCH3 is 1. The molecule has 6 heteroatoms. The van der Waals surface area contributed by atoms with Crippen molar-refractivity contribution >= 4 is 21.7 Å². The lowest BCUT2D eigenvalue weighted by Gasteiger charge is -2.21. The molecule has 0 heterocycles. The fourth-order valence-corrected chi connectivity index (χ4v) is 3.93. The summed E-state index contributed by atoms with van der Waals surface area (Å²) in [5.41, 5.74) is 2.78. The minimum atomic E-state index is -3.80. The van der Waals surface area contributed by atoms with E-state index in [1.165, 1.54) is 13.2 Å². The SMILES string of the molecule is COC(=O)c1ccc(C)c(NS(=O)(=O)c2cc(C(C)(C)C)ccc2C)c1. The molecule has 0 aliphatic carbocycles. The molecule has 0 saturated carbocycles. The van der Waals surface area contributed by atoms with Crippen LogP contribution in [-0.2, 0) is 20.2 Å². The van der Waals surface area contributed by atoms with E-state index in [4.69, 9.17) is 4.74 Å². The molecular formula is C20H25NO4S. The Morgan fingerprint density at radius 1 is 1.00 bits per heavy atom. The number of sulfonamides is 1. The first-order chi connectivity index (χ1) is 12.0. The molecule has 0 bridgehead atoms. The molecule has 0 atom stereocenters. The van der Waals surface area contributed by atoms with Crippen LogP contribution in [0.4, 0.5) is 5.69 Å². The van der Waals surface area contributed by atoms with Gasteiger partial charge >= 0.3 is 5.97 Å². The summed E-state index contributed by atoms with van der Waals surface area (Å²) in [6.07, 6.45) is 0. The number of aryl methyl sites for hydroxylation is 2. The second-order valence-corrected chi connectivity index (χ2v) is 9.01. The molecule has 2 rings (SSSR count). The average molecular weight is 375 g/mol. The second-order valence-electron chi connectivity index (χ2n) is 7.36. The zero-order valence-electron chi connectivity index (χ0n) is 16.0. The normalized spacial score (nSPS) is 11.9. The summed E-state index contributed by atoms with van der Waals surface area (Å²) in [7, 11) is -2.52. The minimum absolute atomic E-state index is 0.168. The van der Waals surface area contributed by atoms with E-state index in [1.807, 2.05) is 32.9 Å². The summed E-state index contributed by atoms with van der Waals surface area (Å²) in [5, 5.41) is 0. The van der Waals surface area contributed by atoms with Gasteiger partial charge in [0.15, 0.2) is 0 Å². The molecular weight excluding hydrogens is 350 g/mol. The number of benzene rings is 2. The number of ether oxygens (including phenoxy) is 1.